The highest BCUT2D eigenvalue weighted by Gasteiger charge is 2.22. The molecule has 11 nitrogen and oxygen atoms in total. The van der Waals surface area contributed by atoms with Crippen molar-refractivity contribution in [3.8, 4) is 0 Å². The maximum atomic E-state index is 13.0. The molecule has 0 spiro atoms. The Morgan fingerprint density at radius 2 is 1.95 bits per heavy atom. The molecule has 2 aromatic rings. The second-order valence-electron chi connectivity index (χ2n) is 8.65. The Morgan fingerprint density at radius 1 is 1.16 bits per heavy atom. The normalized spacial score (nSPS) is 11.8. The highest BCUT2D eigenvalue weighted by Crippen LogP contribution is 2.08. The van der Waals surface area contributed by atoms with E-state index in [1.54, 1.807) is 13.0 Å². The molecule has 0 aromatic carbocycles. The molecule has 0 aliphatic carbocycles. The predicted molar refractivity (Wildman–Crippen MR) is 137 cm³/mol. The lowest BCUT2D eigenvalue weighted by atomic mass is 10.1. The first kappa shape index (κ1) is 29.1. The Kier molecular flexibility index (Phi) is 11.8. The molecule has 11 heteroatoms. The molecule has 3 N–H and O–H groups in total. The minimum atomic E-state index is -1.03. The maximum Gasteiger partial charge on any atom is 0.330 e. The summed E-state index contributed by atoms with van der Waals surface area (Å²) < 4.78 is 10.9. The van der Waals surface area contributed by atoms with E-state index < -0.39 is 29.4 Å². The lowest BCUT2D eigenvalue weighted by molar-refractivity contribution is -0.137. The number of furan rings is 1. The molecule has 2 rings (SSSR count). The first-order valence-corrected chi connectivity index (χ1v) is 12.1. The van der Waals surface area contributed by atoms with Crippen molar-refractivity contribution in [2.24, 2.45) is 5.92 Å². The highest BCUT2D eigenvalue weighted by atomic mass is 16.5. The van der Waals surface area contributed by atoms with Crippen LogP contribution in [0.3, 0.4) is 0 Å². The van der Waals surface area contributed by atoms with Gasteiger partial charge in [0.2, 0.25) is 11.8 Å². The fourth-order valence-electron chi connectivity index (χ4n) is 3.22. The lowest BCUT2D eigenvalue weighted by Gasteiger charge is -2.18. The van der Waals surface area contributed by atoms with Crippen LogP contribution in [-0.4, -0.2) is 47.5 Å². The molecule has 0 saturated carbocycles. The van der Waals surface area contributed by atoms with Crippen LogP contribution in [0.25, 0.3) is 0 Å². The number of aromatic nitrogens is 1. The molecule has 37 heavy (non-hydrogen) atoms. The molecule has 0 aliphatic rings. The van der Waals surface area contributed by atoms with Crippen molar-refractivity contribution in [2.75, 3.05) is 18.5 Å². The van der Waals surface area contributed by atoms with Gasteiger partial charge >= 0.3 is 5.97 Å². The van der Waals surface area contributed by atoms with Gasteiger partial charge in [-0.2, -0.15) is 0 Å². The van der Waals surface area contributed by atoms with Crippen LogP contribution in [0.1, 0.15) is 50.4 Å². The van der Waals surface area contributed by atoms with Gasteiger partial charge < -0.3 is 29.7 Å². The number of pyridine rings is 1. The topological polar surface area (TPSA) is 149 Å². The van der Waals surface area contributed by atoms with E-state index in [0.29, 0.717) is 12.5 Å². The minimum Gasteiger partial charge on any atom is -0.472 e. The van der Waals surface area contributed by atoms with Gasteiger partial charge in [-0.25, -0.2) is 4.79 Å². The Hall–Kier alpha value is -4.15. The summed E-state index contributed by atoms with van der Waals surface area (Å²) >= 11 is 0. The molecule has 0 saturated heterocycles. The minimum absolute atomic E-state index is 0.0351. The van der Waals surface area contributed by atoms with E-state index in [1.807, 2.05) is 13.8 Å². The highest BCUT2D eigenvalue weighted by molar-refractivity contribution is 6.01. The Labute approximate surface area is 215 Å². The number of hydrogen-bond donors (Lipinski definition) is 3. The van der Waals surface area contributed by atoms with E-state index in [-0.39, 0.29) is 43.2 Å². The number of hydrogen-bond acceptors (Lipinski definition) is 7. The van der Waals surface area contributed by atoms with Crippen LogP contribution in [0.15, 0.2) is 58.3 Å². The standard InChI is InChI=1S/C26H34N4O7/c1-4-37-23(32)10-6-5-8-20(28-24(33)19-12-15-36-17-19)25(34)29-21-9-7-14-30(26(21)35)16-22(31)27-13-11-18(2)3/h6-7,9-10,12,14-15,17-18,20H,4-5,8,11,13,16H2,1-3H3,(H,27,31)(H,28,33)(H,29,34). The number of nitrogens with zero attached hydrogens (tertiary/aromatic N) is 1. The van der Waals surface area contributed by atoms with Gasteiger partial charge in [0.05, 0.1) is 18.4 Å². The monoisotopic (exact) mass is 514 g/mol. The smallest absolute Gasteiger partial charge is 0.330 e. The average Bonchev–Trinajstić information content (AvgIpc) is 3.38. The molecule has 3 amide bonds. The van der Waals surface area contributed by atoms with E-state index in [2.05, 4.69) is 16.0 Å². The van der Waals surface area contributed by atoms with Crippen LogP contribution in [0.4, 0.5) is 5.69 Å². The number of carbonyl (C=O) groups excluding carboxylic acids is 4. The molecule has 0 radical (unpaired) electrons. The van der Waals surface area contributed by atoms with Crippen LogP contribution >= 0.6 is 0 Å². The quantitative estimate of drug-likeness (QED) is 0.259. The zero-order chi connectivity index (χ0) is 27.2. The summed E-state index contributed by atoms with van der Waals surface area (Å²) in [6.07, 6.45) is 8.05. The summed E-state index contributed by atoms with van der Waals surface area (Å²) in [5, 5.41) is 7.93. The number of nitrogens with one attached hydrogen (secondary N) is 3. The Balaban J connectivity index is 2.09. The van der Waals surface area contributed by atoms with E-state index in [9.17, 15) is 24.0 Å². The second kappa shape index (κ2) is 15.1. The number of amides is 3. The van der Waals surface area contributed by atoms with Crippen LogP contribution in [0.5, 0.6) is 0 Å². The third kappa shape index (κ3) is 10.2. The molecule has 1 unspecified atom stereocenters. The summed E-state index contributed by atoms with van der Waals surface area (Å²) in [6.45, 7) is 6.33. The zero-order valence-corrected chi connectivity index (χ0v) is 21.3. The van der Waals surface area contributed by atoms with Crippen molar-refractivity contribution < 1.29 is 28.3 Å². The van der Waals surface area contributed by atoms with Gasteiger partial charge in [-0.1, -0.05) is 19.9 Å². The average molecular weight is 515 g/mol. The fourth-order valence-corrected chi connectivity index (χ4v) is 3.22. The molecule has 0 bridgehead atoms. The summed E-state index contributed by atoms with van der Waals surface area (Å²) in [6, 6.07) is 3.39. The number of ether oxygens (including phenoxy) is 1. The first-order chi connectivity index (χ1) is 17.7. The molecule has 0 aliphatic heterocycles. The van der Waals surface area contributed by atoms with Crippen molar-refractivity contribution in [3.05, 3.63) is 65.0 Å². The first-order valence-electron chi connectivity index (χ1n) is 12.1. The third-order valence-electron chi connectivity index (χ3n) is 5.20. The summed E-state index contributed by atoms with van der Waals surface area (Å²) in [5.74, 6) is -1.55. The van der Waals surface area contributed by atoms with Crippen LogP contribution in [-0.2, 0) is 25.7 Å². The SMILES string of the molecule is CCOC(=O)C=CCCC(NC(=O)c1ccoc1)C(=O)Nc1cccn(CC(=O)NCCC(C)C)c1=O. The van der Waals surface area contributed by atoms with Gasteiger partial charge in [0.15, 0.2) is 0 Å². The van der Waals surface area contributed by atoms with Gasteiger partial charge in [0, 0.05) is 18.8 Å². The van der Waals surface area contributed by atoms with E-state index in [0.717, 1.165) is 6.42 Å². The van der Waals surface area contributed by atoms with E-state index >= 15 is 0 Å². The number of esters is 1. The largest absolute Gasteiger partial charge is 0.472 e. The predicted octanol–water partition coefficient (Wildman–Crippen LogP) is 2.24. The fraction of sp³-hybridized carbons (Fsp3) is 0.423. The Bertz CT molecular complexity index is 1140. The summed E-state index contributed by atoms with van der Waals surface area (Å²) in [5.41, 5.74) is -0.366. The van der Waals surface area contributed by atoms with Crippen molar-refractivity contribution >= 4 is 29.4 Å². The number of carbonyl (C=O) groups is 4. The molecule has 2 aromatic heterocycles. The van der Waals surface area contributed by atoms with Crippen LogP contribution in [0, 0.1) is 5.92 Å². The number of anilines is 1. The van der Waals surface area contributed by atoms with E-state index in [1.165, 1.54) is 47.6 Å². The number of rotatable bonds is 14. The van der Waals surface area contributed by atoms with Gasteiger partial charge in [-0.3, -0.25) is 19.2 Å². The van der Waals surface area contributed by atoms with Crippen molar-refractivity contribution in [2.45, 2.75) is 52.6 Å². The van der Waals surface area contributed by atoms with Gasteiger partial charge in [-0.05, 0) is 50.3 Å². The number of allylic oxidation sites excluding steroid dienone is 1. The van der Waals surface area contributed by atoms with Gasteiger partial charge in [0.1, 0.15) is 24.5 Å². The van der Waals surface area contributed by atoms with Crippen molar-refractivity contribution in [1.82, 2.24) is 15.2 Å². The van der Waals surface area contributed by atoms with E-state index in [4.69, 9.17) is 9.15 Å². The maximum absolute atomic E-state index is 13.0. The molecular weight excluding hydrogens is 480 g/mol. The second-order valence-corrected chi connectivity index (χ2v) is 8.65. The van der Waals surface area contributed by atoms with Crippen molar-refractivity contribution in [3.63, 3.8) is 0 Å². The van der Waals surface area contributed by atoms with Crippen LogP contribution < -0.4 is 21.5 Å². The van der Waals surface area contributed by atoms with Crippen LogP contribution in [0.2, 0.25) is 0 Å². The van der Waals surface area contributed by atoms with Gasteiger partial charge in [-0.15, -0.1) is 0 Å². The van der Waals surface area contributed by atoms with Crippen molar-refractivity contribution in [1.29, 1.82) is 0 Å². The molecule has 0 fully saturated rings. The third-order valence-corrected chi connectivity index (χ3v) is 5.20. The summed E-state index contributed by atoms with van der Waals surface area (Å²) in [7, 11) is 0. The van der Waals surface area contributed by atoms with Gasteiger partial charge in [0.25, 0.3) is 11.5 Å². The summed E-state index contributed by atoms with van der Waals surface area (Å²) in [4.78, 5) is 62.1. The molecule has 1 atom stereocenters. The molecule has 2 heterocycles. The molecular formula is C26H34N4O7. The lowest BCUT2D eigenvalue weighted by Crippen LogP contribution is -2.44. The zero-order valence-electron chi connectivity index (χ0n) is 21.3. The molecule has 200 valence electrons. The Morgan fingerprint density at radius 3 is 2.62 bits per heavy atom.